The number of benzene rings is 2. The number of likely N-dealkylation sites (N-methyl/N-ethyl adjacent to an activating group) is 1. The molecule has 0 aliphatic carbocycles. The van der Waals surface area contributed by atoms with Gasteiger partial charge in [-0.1, -0.05) is 35.3 Å². The number of anilines is 1. The molecule has 2 atom stereocenters. The van der Waals surface area contributed by atoms with Crippen molar-refractivity contribution in [1.82, 2.24) is 0 Å². The van der Waals surface area contributed by atoms with Gasteiger partial charge in [0.2, 0.25) is 0 Å². The molecule has 1 unspecified atom stereocenters. The minimum atomic E-state index is -0.211. The van der Waals surface area contributed by atoms with Gasteiger partial charge in [0, 0.05) is 15.5 Å². The minimum Gasteiger partial charge on any atom is -0.324 e. The first-order valence-corrected chi connectivity index (χ1v) is 9.60. The number of carbonyl (C=O) groups excluding carboxylic acids is 1. The molecule has 0 aliphatic heterocycles. The predicted octanol–water partition coefficient (Wildman–Crippen LogP) is 3.76. The Morgan fingerprint density at radius 2 is 1.88 bits per heavy atom. The monoisotopic (exact) mass is 383 g/mol. The first kappa shape index (κ1) is 19.1. The van der Waals surface area contributed by atoms with E-state index in [0.717, 1.165) is 11.4 Å². The largest absolute Gasteiger partial charge is 0.324 e. The Morgan fingerprint density at radius 3 is 2.46 bits per heavy atom. The van der Waals surface area contributed by atoms with Crippen LogP contribution in [0.2, 0.25) is 10.0 Å². The summed E-state index contributed by atoms with van der Waals surface area (Å²) in [7, 11) is 2.01. The molecule has 0 bridgehead atoms. The Bertz CT molecular complexity index is 707. The van der Waals surface area contributed by atoms with Crippen LogP contribution in [0.1, 0.15) is 12.5 Å². The fourth-order valence-electron chi connectivity index (χ4n) is 2.27. The molecule has 0 heterocycles. The van der Waals surface area contributed by atoms with Crippen LogP contribution in [0.4, 0.5) is 5.69 Å². The number of thioether (sulfide) groups is 1. The van der Waals surface area contributed by atoms with Crippen molar-refractivity contribution in [2.75, 3.05) is 18.6 Å². The van der Waals surface area contributed by atoms with Gasteiger partial charge >= 0.3 is 0 Å². The third-order valence-electron chi connectivity index (χ3n) is 3.96. The van der Waals surface area contributed by atoms with Gasteiger partial charge in [0.15, 0.2) is 6.04 Å². The molecular weight excluding hydrogens is 363 g/mol. The molecule has 6 heteroatoms. The van der Waals surface area contributed by atoms with Gasteiger partial charge in [0.25, 0.3) is 5.91 Å². The molecule has 24 heavy (non-hydrogen) atoms. The van der Waals surface area contributed by atoms with Gasteiger partial charge in [0.05, 0.1) is 17.8 Å². The van der Waals surface area contributed by atoms with Crippen molar-refractivity contribution in [3.05, 3.63) is 58.1 Å². The van der Waals surface area contributed by atoms with Gasteiger partial charge in [-0.3, -0.25) is 4.79 Å². The second-order valence-electron chi connectivity index (χ2n) is 5.71. The molecule has 0 saturated heterocycles. The summed E-state index contributed by atoms with van der Waals surface area (Å²) in [5.41, 5.74) is 1.78. The first-order chi connectivity index (χ1) is 11.4. The highest BCUT2D eigenvalue weighted by molar-refractivity contribution is 7.98. The second-order valence-corrected chi connectivity index (χ2v) is 7.43. The number of hydrogen-bond donors (Lipinski definition) is 2. The van der Waals surface area contributed by atoms with E-state index in [4.69, 9.17) is 23.2 Å². The maximum atomic E-state index is 12.5. The maximum Gasteiger partial charge on any atom is 0.282 e. The van der Waals surface area contributed by atoms with Crippen molar-refractivity contribution in [2.45, 2.75) is 24.4 Å². The lowest BCUT2D eigenvalue weighted by Gasteiger charge is -2.21. The van der Waals surface area contributed by atoms with Crippen molar-refractivity contribution in [2.24, 2.45) is 0 Å². The molecule has 0 fully saturated rings. The number of hydrogen-bond acceptors (Lipinski definition) is 2. The molecule has 2 aromatic carbocycles. The van der Waals surface area contributed by atoms with Gasteiger partial charge < -0.3 is 10.2 Å². The van der Waals surface area contributed by atoms with Crippen LogP contribution >= 0.6 is 35.0 Å². The SMILES string of the molecule is CSc1ccc(C[NH+](C)[C@@H](C)C(=O)Nc2ccc(Cl)cc2Cl)cc1. The van der Waals surface area contributed by atoms with E-state index >= 15 is 0 Å². The van der Waals surface area contributed by atoms with Crippen molar-refractivity contribution >= 4 is 46.6 Å². The zero-order valence-corrected chi connectivity index (χ0v) is 16.2. The summed E-state index contributed by atoms with van der Waals surface area (Å²) in [6, 6.07) is 13.2. The first-order valence-electron chi connectivity index (χ1n) is 7.62. The van der Waals surface area contributed by atoms with Gasteiger partial charge in [-0.05, 0) is 43.5 Å². The van der Waals surface area contributed by atoms with Crippen molar-refractivity contribution in [3.63, 3.8) is 0 Å². The lowest BCUT2D eigenvalue weighted by atomic mass is 10.2. The highest BCUT2D eigenvalue weighted by Crippen LogP contribution is 2.25. The zero-order valence-electron chi connectivity index (χ0n) is 13.9. The van der Waals surface area contributed by atoms with Crippen LogP contribution in [0, 0.1) is 0 Å². The van der Waals surface area contributed by atoms with Crippen LogP contribution in [0.25, 0.3) is 0 Å². The van der Waals surface area contributed by atoms with Gasteiger partial charge in [-0.25, -0.2) is 0 Å². The zero-order chi connectivity index (χ0) is 17.7. The van der Waals surface area contributed by atoms with E-state index in [1.165, 1.54) is 10.5 Å². The van der Waals surface area contributed by atoms with Crippen molar-refractivity contribution < 1.29 is 9.69 Å². The molecular formula is C18H21Cl2N2OS+. The lowest BCUT2D eigenvalue weighted by molar-refractivity contribution is -0.907. The number of amides is 1. The summed E-state index contributed by atoms with van der Waals surface area (Å²) in [5.74, 6) is -0.0718. The summed E-state index contributed by atoms with van der Waals surface area (Å²) >= 11 is 13.7. The summed E-state index contributed by atoms with van der Waals surface area (Å²) in [6.45, 7) is 2.68. The average molecular weight is 384 g/mol. The Kier molecular flexibility index (Phi) is 6.99. The molecule has 3 nitrogen and oxygen atoms in total. The normalized spacial score (nSPS) is 13.4. The molecule has 0 aliphatic rings. The highest BCUT2D eigenvalue weighted by atomic mass is 35.5. The Balaban J connectivity index is 1.98. The molecule has 0 saturated carbocycles. The molecule has 128 valence electrons. The average Bonchev–Trinajstić information content (AvgIpc) is 2.57. The molecule has 2 aromatic rings. The van der Waals surface area contributed by atoms with Crippen molar-refractivity contribution in [3.8, 4) is 0 Å². The predicted molar refractivity (Wildman–Crippen MR) is 103 cm³/mol. The summed E-state index contributed by atoms with van der Waals surface area (Å²) in [5, 5.41) is 3.85. The summed E-state index contributed by atoms with van der Waals surface area (Å²) in [6.07, 6.45) is 2.06. The van der Waals surface area contributed by atoms with Gasteiger partial charge in [-0.15, -0.1) is 11.8 Å². The molecule has 0 spiro atoms. The molecule has 2 N–H and O–H groups in total. The molecule has 0 radical (unpaired) electrons. The van der Waals surface area contributed by atoms with Gasteiger partial charge in [-0.2, -0.15) is 0 Å². The number of nitrogens with one attached hydrogen (secondary N) is 2. The van der Waals surface area contributed by atoms with E-state index in [9.17, 15) is 4.79 Å². The van der Waals surface area contributed by atoms with Crippen LogP contribution in [0.15, 0.2) is 47.4 Å². The van der Waals surface area contributed by atoms with Crippen molar-refractivity contribution in [1.29, 1.82) is 0 Å². The smallest absolute Gasteiger partial charge is 0.282 e. The second kappa shape index (κ2) is 8.77. The number of halogens is 2. The van der Waals surface area contributed by atoms with Crippen LogP contribution < -0.4 is 10.2 Å². The van der Waals surface area contributed by atoms with E-state index < -0.39 is 0 Å². The summed E-state index contributed by atoms with van der Waals surface area (Å²) in [4.78, 5) is 14.8. The summed E-state index contributed by atoms with van der Waals surface area (Å²) < 4.78 is 0. The third-order valence-corrected chi connectivity index (χ3v) is 5.25. The topological polar surface area (TPSA) is 33.5 Å². The van der Waals surface area contributed by atoms with Crippen LogP contribution in [0.5, 0.6) is 0 Å². The van der Waals surface area contributed by atoms with Crippen LogP contribution in [-0.2, 0) is 11.3 Å². The number of rotatable bonds is 6. The minimum absolute atomic E-state index is 0.0718. The quantitative estimate of drug-likeness (QED) is 0.744. The Hall–Kier alpha value is -1.20. The van der Waals surface area contributed by atoms with E-state index in [2.05, 4.69) is 35.8 Å². The van der Waals surface area contributed by atoms with E-state index in [-0.39, 0.29) is 11.9 Å². The fraction of sp³-hybridized carbons (Fsp3) is 0.278. The molecule has 2 rings (SSSR count). The Morgan fingerprint density at radius 1 is 1.21 bits per heavy atom. The van der Waals surface area contributed by atoms with Crippen LogP contribution in [-0.4, -0.2) is 25.3 Å². The fourth-order valence-corrected chi connectivity index (χ4v) is 3.14. The number of quaternary nitrogens is 1. The van der Waals surface area contributed by atoms with E-state index in [1.807, 2.05) is 14.0 Å². The van der Waals surface area contributed by atoms with Crippen LogP contribution in [0.3, 0.4) is 0 Å². The molecule has 1 amide bonds. The third kappa shape index (κ3) is 5.15. The number of carbonyl (C=O) groups is 1. The molecule has 0 aromatic heterocycles. The highest BCUT2D eigenvalue weighted by Gasteiger charge is 2.22. The maximum absolute atomic E-state index is 12.5. The van der Waals surface area contributed by atoms with E-state index in [1.54, 1.807) is 30.0 Å². The Labute approximate surface area is 157 Å². The van der Waals surface area contributed by atoms with E-state index in [0.29, 0.717) is 15.7 Å². The standard InChI is InChI=1S/C18H20Cl2N2OS/c1-12(18(23)21-17-9-6-14(19)10-16(17)20)22(2)11-13-4-7-15(24-3)8-5-13/h4-10,12H,11H2,1-3H3,(H,21,23)/p+1/t12-/m0/s1. The van der Waals surface area contributed by atoms with Gasteiger partial charge in [0.1, 0.15) is 6.54 Å². The lowest BCUT2D eigenvalue weighted by Crippen LogP contribution is -3.12.